The molecule has 1 saturated heterocycles. The molecule has 1 aliphatic heterocycles. The molecule has 3 rings (SSSR count). The van der Waals surface area contributed by atoms with Crippen molar-refractivity contribution in [2.24, 2.45) is 5.73 Å². The summed E-state index contributed by atoms with van der Waals surface area (Å²) in [6, 6.07) is 5.60. The highest BCUT2D eigenvalue weighted by Gasteiger charge is 2.25. The molecule has 1 aromatic carbocycles. The van der Waals surface area contributed by atoms with Gasteiger partial charge in [0.1, 0.15) is 0 Å². The van der Waals surface area contributed by atoms with E-state index in [0.717, 1.165) is 40.4 Å². The third-order valence-corrected chi connectivity index (χ3v) is 6.03. The molecule has 2 fully saturated rings. The molecule has 0 unspecified atom stereocenters. The molecule has 2 aliphatic rings. The minimum Gasteiger partial charge on any atom is -0.387 e. The Labute approximate surface area is 135 Å². The third-order valence-electron chi connectivity index (χ3n) is 4.19. The quantitative estimate of drug-likeness (QED) is 0.843. The Bertz CT molecular complexity index is 489. The number of likely N-dealkylation sites (tertiary alicyclic amines) is 1. The number of aliphatic hydroxyl groups is 1. The van der Waals surface area contributed by atoms with Crippen molar-refractivity contribution < 1.29 is 5.11 Å². The molecule has 5 heteroatoms. The fourth-order valence-electron chi connectivity index (χ4n) is 2.77. The van der Waals surface area contributed by atoms with Crippen molar-refractivity contribution in [1.82, 2.24) is 4.90 Å². The summed E-state index contributed by atoms with van der Waals surface area (Å²) in [4.78, 5) is 3.44. The number of benzene rings is 1. The van der Waals surface area contributed by atoms with Gasteiger partial charge in [0, 0.05) is 22.7 Å². The number of halogens is 1. The summed E-state index contributed by atoms with van der Waals surface area (Å²) in [6.07, 6.45) is 4.39. The Kier molecular flexibility index (Phi) is 5.12. The second kappa shape index (κ2) is 6.88. The van der Waals surface area contributed by atoms with Crippen LogP contribution >= 0.6 is 23.4 Å². The largest absolute Gasteiger partial charge is 0.387 e. The van der Waals surface area contributed by atoms with Crippen molar-refractivity contribution in [1.29, 1.82) is 0 Å². The van der Waals surface area contributed by atoms with Crippen LogP contribution in [0.2, 0.25) is 5.02 Å². The Balaban J connectivity index is 1.62. The van der Waals surface area contributed by atoms with E-state index in [1.165, 1.54) is 25.7 Å². The van der Waals surface area contributed by atoms with Gasteiger partial charge in [-0.1, -0.05) is 17.7 Å². The van der Waals surface area contributed by atoms with Crippen molar-refractivity contribution in [2.45, 2.75) is 48.0 Å². The fraction of sp³-hybridized carbons (Fsp3) is 0.625. The summed E-state index contributed by atoms with van der Waals surface area (Å²) in [5.41, 5.74) is 6.99. The number of hydrogen-bond acceptors (Lipinski definition) is 4. The smallest absolute Gasteiger partial charge is 0.0953 e. The van der Waals surface area contributed by atoms with E-state index in [-0.39, 0.29) is 6.04 Å². The predicted octanol–water partition coefficient (Wildman–Crippen LogP) is 3.05. The summed E-state index contributed by atoms with van der Waals surface area (Å²) in [6.45, 7) is 2.94. The van der Waals surface area contributed by atoms with Crippen LogP contribution in [0, 0.1) is 0 Å². The maximum absolute atomic E-state index is 10.4. The second-order valence-corrected chi connectivity index (χ2v) is 7.87. The lowest BCUT2D eigenvalue weighted by Crippen LogP contribution is -2.40. The molecular weight excluding hydrogens is 304 g/mol. The van der Waals surface area contributed by atoms with E-state index >= 15 is 0 Å². The highest BCUT2D eigenvalue weighted by atomic mass is 35.5. The van der Waals surface area contributed by atoms with Crippen LogP contribution in [-0.2, 0) is 0 Å². The van der Waals surface area contributed by atoms with Crippen molar-refractivity contribution in [3.63, 3.8) is 0 Å². The molecule has 0 aromatic heterocycles. The molecule has 3 nitrogen and oxygen atoms in total. The molecule has 116 valence electrons. The number of rotatable bonds is 6. The number of nitrogens with two attached hydrogens (primary N) is 1. The van der Waals surface area contributed by atoms with Gasteiger partial charge in [0.05, 0.1) is 11.1 Å². The van der Waals surface area contributed by atoms with Gasteiger partial charge in [0.2, 0.25) is 0 Å². The number of hydrogen-bond donors (Lipinski definition) is 2. The van der Waals surface area contributed by atoms with Gasteiger partial charge in [-0.15, -0.1) is 11.8 Å². The molecule has 1 saturated carbocycles. The molecular formula is C16H23ClN2OS. The van der Waals surface area contributed by atoms with E-state index in [2.05, 4.69) is 4.90 Å². The molecule has 3 N–H and O–H groups in total. The normalized spacial score (nSPS) is 22.4. The minimum atomic E-state index is -0.650. The first-order valence-corrected chi connectivity index (χ1v) is 9.01. The van der Waals surface area contributed by atoms with Crippen molar-refractivity contribution in [3.05, 3.63) is 28.8 Å². The predicted molar refractivity (Wildman–Crippen MR) is 88.9 cm³/mol. The Morgan fingerprint density at radius 2 is 2.05 bits per heavy atom. The first-order valence-electron chi connectivity index (χ1n) is 7.75. The zero-order chi connectivity index (χ0) is 14.8. The molecule has 0 amide bonds. The molecule has 2 atom stereocenters. The summed E-state index contributed by atoms with van der Waals surface area (Å²) in [5, 5.41) is 11.9. The zero-order valence-corrected chi connectivity index (χ0v) is 13.7. The Morgan fingerprint density at radius 1 is 1.33 bits per heavy atom. The molecule has 0 spiro atoms. The maximum atomic E-state index is 10.4. The van der Waals surface area contributed by atoms with Crippen molar-refractivity contribution in [2.75, 3.05) is 19.6 Å². The average Bonchev–Trinajstić information content (AvgIpc) is 3.14. The second-order valence-electron chi connectivity index (χ2n) is 6.12. The van der Waals surface area contributed by atoms with Crippen LogP contribution in [0.4, 0.5) is 0 Å². The van der Waals surface area contributed by atoms with Gasteiger partial charge in [-0.3, -0.25) is 0 Å². The number of aliphatic hydroxyl groups excluding tert-OH is 1. The van der Waals surface area contributed by atoms with Crippen LogP contribution < -0.4 is 5.73 Å². The highest BCUT2D eigenvalue weighted by Crippen LogP contribution is 2.42. The van der Waals surface area contributed by atoms with E-state index < -0.39 is 6.10 Å². The standard InChI is InChI=1S/C16H23ClN2OS/c17-13-9-11(3-6-15(13)21-12-4-5-12)16(20)14(18)10-19-7-1-2-8-19/h3,6,9,12,14,16,20H,1-2,4-5,7-8,10,18H2/t14-,16-/m1/s1. The van der Waals surface area contributed by atoms with Gasteiger partial charge in [0.15, 0.2) is 0 Å². The number of nitrogens with zero attached hydrogens (tertiary/aromatic N) is 1. The molecule has 1 aromatic rings. The Hall–Kier alpha value is -0.260. The van der Waals surface area contributed by atoms with E-state index in [1.54, 1.807) is 0 Å². The molecule has 0 radical (unpaired) electrons. The van der Waals surface area contributed by atoms with E-state index in [4.69, 9.17) is 17.3 Å². The van der Waals surface area contributed by atoms with Crippen LogP contribution in [0.3, 0.4) is 0 Å². The lowest BCUT2D eigenvalue weighted by molar-refractivity contribution is 0.125. The molecule has 0 bridgehead atoms. The summed E-state index contributed by atoms with van der Waals surface area (Å²) < 4.78 is 0. The first kappa shape index (κ1) is 15.6. The number of thioether (sulfide) groups is 1. The van der Waals surface area contributed by atoms with Gasteiger partial charge in [-0.05, 0) is 56.5 Å². The lowest BCUT2D eigenvalue weighted by atomic mass is 10.0. The van der Waals surface area contributed by atoms with Gasteiger partial charge in [0.25, 0.3) is 0 Å². The molecule has 1 aliphatic carbocycles. The van der Waals surface area contributed by atoms with Crippen molar-refractivity contribution >= 4 is 23.4 Å². The maximum Gasteiger partial charge on any atom is 0.0953 e. The van der Waals surface area contributed by atoms with E-state index in [1.807, 2.05) is 30.0 Å². The monoisotopic (exact) mass is 326 g/mol. The van der Waals surface area contributed by atoms with Crippen LogP contribution in [0.25, 0.3) is 0 Å². The van der Waals surface area contributed by atoms with Crippen LogP contribution in [0.15, 0.2) is 23.1 Å². The highest BCUT2D eigenvalue weighted by molar-refractivity contribution is 8.00. The van der Waals surface area contributed by atoms with Crippen molar-refractivity contribution in [3.8, 4) is 0 Å². The summed E-state index contributed by atoms with van der Waals surface area (Å²) >= 11 is 8.18. The van der Waals surface area contributed by atoms with Crippen LogP contribution in [-0.4, -0.2) is 40.9 Å². The first-order chi connectivity index (χ1) is 10.1. The fourth-order valence-corrected chi connectivity index (χ4v) is 4.14. The molecule has 1 heterocycles. The minimum absolute atomic E-state index is 0.263. The van der Waals surface area contributed by atoms with Gasteiger partial charge < -0.3 is 15.7 Å². The van der Waals surface area contributed by atoms with E-state index in [9.17, 15) is 5.11 Å². The average molecular weight is 327 g/mol. The third kappa shape index (κ3) is 4.14. The zero-order valence-electron chi connectivity index (χ0n) is 12.2. The van der Waals surface area contributed by atoms with E-state index in [0.29, 0.717) is 0 Å². The summed E-state index contributed by atoms with van der Waals surface area (Å²) in [5.74, 6) is 0. The Morgan fingerprint density at radius 3 is 2.67 bits per heavy atom. The molecule has 21 heavy (non-hydrogen) atoms. The van der Waals surface area contributed by atoms with Gasteiger partial charge in [-0.25, -0.2) is 0 Å². The van der Waals surface area contributed by atoms with Crippen LogP contribution in [0.5, 0.6) is 0 Å². The lowest BCUT2D eigenvalue weighted by Gasteiger charge is -2.24. The van der Waals surface area contributed by atoms with Gasteiger partial charge in [-0.2, -0.15) is 0 Å². The topological polar surface area (TPSA) is 49.5 Å². The van der Waals surface area contributed by atoms with Crippen LogP contribution in [0.1, 0.15) is 37.4 Å². The van der Waals surface area contributed by atoms with Gasteiger partial charge >= 0.3 is 0 Å². The SMILES string of the molecule is N[C@H](CN1CCCC1)[C@H](O)c1ccc(SC2CC2)c(Cl)c1. The summed E-state index contributed by atoms with van der Waals surface area (Å²) in [7, 11) is 0.